The molecule has 3 atom stereocenters. The van der Waals surface area contributed by atoms with E-state index in [1.807, 2.05) is 48.8 Å². The highest BCUT2D eigenvalue weighted by Crippen LogP contribution is 2.21. The molecule has 7 heteroatoms. The van der Waals surface area contributed by atoms with Gasteiger partial charge in [0.2, 0.25) is 17.7 Å². The van der Waals surface area contributed by atoms with Crippen LogP contribution in [0.3, 0.4) is 0 Å². The van der Waals surface area contributed by atoms with Gasteiger partial charge in [0.1, 0.15) is 6.04 Å². The van der Waals surface area contributed by atoms with Crippen LogP contribution in [0.25, 0.3) is 0 Å². The smallest absolute Gasteiger partial charge is 0.245 e. The first kappa shape index (κ1) is 24.9. The molecule has 0 unspecified atom stereocenters. The minimum absolute atomic E-state index is 0.0119. The van der Waals surface area contributed by atoms with Gasteiger partial charge in [0, 0.05) is 32.6 Å². The van der Waals surface area contributed by atoms with Gasteiger partial charge >= 0.3 is 0 Å². The Morgan fingerprint density at radius 3 is 2.48 bits per heavy atom. The summed E-state index contributed by atoms with van der Waals surface area (Å²) in [6, 6.07) is 8.82. The summed E-state index contributed by atoms with van der Waals surface area (Å²) in [4.78, 5) is 41.6. The van der Waals surface area contributed by atoms with E-state index in [0.717, 1.165) is 19.3 Å². The summed E-state index contributed by atoms with van der Waals surface area (Å²) in [6.45, 7) is 9.05. The van der Waals surface area contributed by atoms with Crippen molar-refractivity contribution in [2.24, 2.45) is 11.7 Å². The lowest BCUT2D eigenvalue weighted by molar-refractivity contribution is -0.140. The van der Waals surface area contributed by atoms with Crippen LogP contribution < -0.4 is 11.1 Å². The van der Waals surface area contributed by atoms with E-state index in [1.165, 1.54) is 5.56 Å². The first-order valence-corrected chi connectivity index (χ1v) is 11.4. The number of rotatable bonds is 10. The van der Waals surface area contributed by atoms with E-state index in [-0.39, 0.29) is 29.7 Å². The molecule has 172 valence electrons. The molecule has 3 N–H and O–H groups in total. The van der Waals surface area contributed by atoms with Gasteiger partial charge in [-0.25, -0.2) is 0 Å². The molecule has 0 saturated carbocycles. The highest BCUT2D eigenvalue weighted by atomic mass is 16.2. The molecule has 1 saturated heterocycles. The van der Waals surface area contributed by atoms with Crippen LogP contribution >= 0.6 is 0 Å². The third-order valence-electron chi connectivity index (χ3n) is 6.06. The van der Waals surface area contributed by atoms with E-state index in [1.54, 1.807) is 6.92 Å². The predicted octanol–water partition coefficient (Wildman–Crippen LogP) is 1.95. The van der Waals surface area contributed by atoms with E-state index in [9.17, 15) is 14.4 Å². The highest BCUT2D eigenvalue weighted by molar-refractivity contribution is 5.90. The molecule has 31 heavy (non-hydrogen) atoms. The Labute approximate surface area is 186 Å². The van der Waals surface area contributed by atoms with Gasteiger partial charge in [-0.1, -0.05) is 51.1 Å². The zero-order valence-corrected chi connectivity index (χ0v) is 19.3. The molecule has 1 fully saturated rings. The summed E-state index contributed by atoms with van der Waals surface area (Å²) in [5.41, 5.74) is 7.03. The second-order valence-corrected chi connectivity index (χ2v) is 8.77. The molecule has 0 aromatic heterocycles. The van der Waals surface area contributed by atoms with Gasteiger partial charge in [-0.3, -0.25) is 14.4 Å². The topological polar surface area (TPSA) is 95.7 Å². The third-order valence-corrected chi connectivity index (χ3v) is 6.06. The Bertz CT molecular complexity index is 738. The summed E-state index contributed by atoms with van der Waals surface area (Å²) >= 11 is 0. The Hall–Kier alpha value is -2.41. The van der Waals surface area contributed by atoms with Gasteiger partial charge in [0.05, 0.1) is 6.04 Å². The second kappa shape index (κ2) is 11.8. The number of nitrogens with two attached hydrogens (primary N) is 1. The van der Waals surface area contributed by atoms with Crippen molar-refractivity contribution in [3.05, 3.63) is 35.9 Å². The fraction of sp³-hybridized carbons (Fsp3) is 0.625. The first-order chi connectivity index (χ1) is 14.7. The lowest BCUT2D eigenvalue weighted by Gasteiger charge is -2.34. The zero-order chi connectivity index (χ0) is 23.0. The highest BCUT2D eigenvalue weighted by Gasteiger charge is 2.36. The van der Waals surface area contributed by atoms with Crippen LogP contribution in [0.4, 0.5) is 0 Å². The minimum atomic E-state index is -0.616. The fourth-order valence-electron chi connectivity index (χ4n) is 3.99. The number of likely N-dealkylation sites (tertiary alicyclic amines) is 1. The summed E-state index contributed by atoms with van der Waals surface area (Å²) in [7, 11) is 0. The third kappa shape index (κ3) is 7.06. The summed E-state index contributed by atoms with van der Waals surface area (Å²) < 4.78 is 0. The van der Waals surface area contributed by atoms with Crippen molar-refractivity contribution in [2.75, 3.05) is 19.6 Å². The Morgan fingerprint density at radius 2 is 1.90 bits per heavy atom. The van der Waals surface area contributed by atoms with E-state index < -0.39 is 12.1 Å². The Kier molecular flexibility index (Phi) is 9.49. The maximum atomic E-state index is 13.3. The van der Waals surface area contributed by atoms with Crippen molar-refractivity contribution in [2.45, 2.75) is 71.5 Å². The molecule has 3 amide bonds. The molecule has 1 aliphatic heterocycles. The number of benzene rings is 1. The quantitative estimate of drug-likeness (QED) is 0.593. The van der Waals surface area contributed by atoms with Crippen LogP contribution in [0.1, 0.15) is 52.5 Å². The fourth-order valence-corrected chi connectivity index (χ4v) is 3.99. The maximum Gasteiger partial charge on any atom is 0.245 e. The standard InChI is InChI=1S/C24H38N4O3/c1-5-21(25)23(30)26-22(17(2)3)24(31)28-14-9-12-20(28)16-27(18(4)29)15-13-19-10-7-6-8-11-19/h6-8,10-11,17,20-22H,5,9,12-16,25H2,1-4H3,(H,26,30)/t20-,21-,22-/m0/s1. The minimum Gasteiger partial charge on any atom is -0.343 e. The van der Waals surface area contributed by atoms with Crippen LogP contribution in [0.2, 0.25) is 0 Å². The van der Waals surface area contributed by atoms with Crippen molar-refractivity contribution in [3.63, 3.8) is 0 Å². The largest absolute Gasteiger partial charge is 0.343 e. The van der Waals surface area contributed by atoms with Gasteiger partial charge in [-0.05, 0) is 37.2 Å². The Morgan fingerprint density at radius 1 is 1.23 bits per heavy atom. The van der Waals surface area contributed by atoms with Crippen molar-refractivity contribution < 1.29 is 14.4 Å². The predicted molar refractivity (Wildman–Crippen MR) is 122 cm³/mol. The molecule has 1 aliphatic rings. The lowest BCUT2D eigenvalue weighted by atomic mass is 10.0. The van der Waals surface area contributed by atoms with E-state index >= 15 is 0 Å². The summed E-state index contributed by atoms with van der Waals surface area (Å²) in [5, 5.41) is 2.85. The normalized spacial score (nSPS) is 18.0. The molecule has 1 aromatic carbocycles. The number of carbonyl (C=O) groups is 3. The molecule has 0 bridgehead atoms. The monoisotopic (exact) mass is 430 g/mol. The molecule has 1 aromatic rings. The zero-order valence-electron chi connectivity index (χ0n) is 19.3. The van der Waals surface area contributed by atoms with Crippen molar-refractivity contribution in [1.82, 2.24) is 15.1 Å². The number of nitrogens with zero attached hydrogens (tertiary/aromatic N) is 2. The molecule has 7 nitrogen and oxygen atoms in total. The number of hydrogen-bond acceptors (Lipinski definition) is 4. The van der Waals surface area contributed by atoms with Gasteiger partial charge in [0.25, 0.3) is 0 Å². The molecular weight excluding hydrogens is 392 g/mol. The molecule has 1 heterocycles. The van der Waals surface area contributed by atoms with Crippen LogP contribution in [0.5, 0.6) is 0 Å². The van der Waals surface area contributed by atoms with Crippen LogP contribution in [-0.2, 0) is 20.8 Å². The van der Waals surface area contributed by atoms with E-state index in [4.69, 9.17) is 5.73 Å². The average molecular weight is 431 g/mol. The van der Waals surface area contributed by atoms with Gasteiger partial charge in [0.15, 0.2) is 0 Å². The van der Waals surface area contributed by atoms with E-state index in [2.05, 4.69) is 17.4 Å². The maximum absolute atomic E-state index is 13.3. The molecule has 0 radical (unpaired) electrons. The molecule has 0 spiro atoms. The number of carbonyl (C=O) groups excluding carboxylic acids is 3. The molecule has 2 rings (SSSR count). The Balaban J connectivity index is 2.05. The lowest BCUT2D eigenvalue weighted by Crippen LogP contribution is -2.56. The van der Waals surface area contributed by atoms with Crippen LogP contribution in [0.15, 0.2) is 30.3 Å². The van der Waals surface area contributed by atoms with Gasteiger partial charge < -0.3 is 20.9 Å². The number of hydrogen-bond donors (Lipinski definition) is 2. The van der Waals surface area contributed by atoms with Crippen LogP contribution in [-0.4, -0.2) is 65.3 Å². The molecule has 0 aliphatic carbocycles. The first-order valence-electron chi connectivity index (χ1n) is 11.4. The van der Waals surface area contributed by atoms with Gasteiger partial charge in [-0.2, -0.15) is 0 Å². The van der Waals surface area contributed by atoms with E-state index in [0.29, 0.717) is 26.1 Å². The van der Waals surface area contributed by atoms with Crippen LogP contribution in [0, 0.1) is 5.92 Å². The van der Waals surface area contributed by atoms with Crippen molar-refractivity contribution >= 4 is 17.7 Å². The van der Waals surface area contributed by atoms with Crippen molar-refractivity contribution in [3.8, 4) is 0 Å². The average Bonchev–Trinajstić information content (AvgIpc) is 3.22. The number of amides is 3. The summed E-state index contributed by atoms with van der Waals surface area (Å²) in [5.74, 6) is -0.416. The SMILES string of the molecule is CC[C@H](N)C(=O)N[C@H](C(=O)N1CCC[C@H]1CN(CCc1ccccc1)C(C)=O)C(C)C. The van der Waals surface area contributed by atoms with Crippen molar-refractivity contribution in [1.29, 1.82) is 0 Å². The summed E-state index contributed by atoms with van der Waals surface area (Å²) in [6.07, 6.45) is 3.05. The second-order valence-electron chi connectivity index (χ2n) is 8.77. The van der Waals surface area contributed by atoms with Gasteiger partial charge in [-0.15, -0.1) is 0 Å². The number of nitrogens with one attached hydrogen (secondary N) is 1. The molecular formula is C24H38N4O3.